The lowest BCUT2D eigenvalue weighted by Gasteiger charge is -2.29. The lowest BCUT2D eigenvalue weighted by molar-refractivity contribution is 0.283. The first-order valence-electron chi connectivity index (χ1n) is 14.3. The molecular weight excluding hydrogens is 374 g/mol. The fourth-order valence-electron chi connectivity index (χ4n) is 5.15. The van der Waals surface area contributed by atoms with Gasteiger partial charge in [-0.15, -0.1) is 0 Å². The molecule has 0 bridgehead atoms. The van der Waals surface area contributed by atoms with E-state index in [4.69, 9.17) is 0 Å². The van der Waals surface area contributed by atoms with Gasteiger partial charge in [0.1, 0.15) is 0 Å². The average molecular weight is 438 g/mol. The average Bonchev–Trinajstić information content (AvgIpc) is 2.69. The summed E-state index contributed by atoms with van der Waals surface area (Å²) in [6, 6.07) is 1.43. The van der Waals surface area contributed by atoms with Gasteiger partial charge >= 0.3 is 0 Å². The molecular formula is C30H63N. The van der Waals surface area contributed by atoms with Gasteiger partial charge in [-0.3, -0.25) is 0 Å². The van der Waals surface area contributed by atoms with Crippen LogP contribution >= 0.6 is 0 Å². The SMILES string of the molecule is CCC(C)CCC(CCC(C)CC(C)C)NC(CCC(C)CC)CCC(C)CC(C)C. The Morgan fingerprint density at radius 2 is 0.710 bits per heavy atom. The van der Waals surface area contributed by atoms with Crippen molar-refractivity contribution >= 4 is 0 Å². The van der Waals surface area contributed by atoms with Crippen molar-refractivity contribution in [1.82, 2.24) is 5.32 Å². The summed E-state index contributed by atoms with van der Waals surface area (Å²) in [4.78, 5) is 0. The predicted octanol–water partition coefficient (Wildman–Crippen LogP) is 9.89. The van der Waals surface area contributed by atoms with Crippen LogP contribution < -0.4 is 5.32 Å². The molecule has 0 aliphatic rings. The Morgan fingerprint density at radius 3 is 0.968 bits per heavy atom. The Morgan fingerprint density at radius 1 is 0.419 bits per heavy atom. The number of hydrogen-bond donors (Lipinski definition) is 1. The zero-order chi connectivity index (χ0) is 23.8. The Balaban J connectivity index is 4.98. The monoisotopic (exact) mass is 437 g/mol. The normalized spacial score (nSPS) is 18.2. The first kappa shape index (κ1) is 31.0. The second-order valence-corrected chi connectivity index (χ2v) is 12.4. The summed E-state index contributed by atoms with van der Waals surface area (Å²) in [5.74, 6) is 5.10. The topological polar surface area (TPSA) is 12.0 Å². The molecule has 0 aromatic carbocycles. The molecule has 6 atom stereocenters. The maximum Gasteiger partial charge on any atom is 0.00698 e. The van der Waals surface area contributed by atoms with E-state index in [2.05, 4.69) is 74.6 Å². The van der Waals surface area contributed by atoms with Crippen LogP contribution in [0.25, 0.3) is 0 Å². The molecule has 0 aliphatic carbocycles. The molecule has 1 N–H and O–H groups in total. The molecule has 0 saturated heterocycles. The summed E-state index contributed by atoms with van der Waals surface area (Å²) in [6.07, 6.45) is 16.4. The fraction of sp³-hybridized carbons (Fsp3) is 1.00. The molecule has 188 valence electrons. The highest BCUT2D eigenvalue weighted by atomic mass is 14.9. The minimum absolute atomic E-state index is 0.714. The maximum atomic E-state index is 4.23. The van der Waals surface area contributed by atoms with Crippen molar-refractivity contribution in [3.8, 4) is 0 Å². The molecule has 0 amide bonds. The van der Waals surface area contributed by atoms with Gasteiger partial charge in [-0.25, -0.2) is 0 Å². The van der Waals surface area contributed by atoms with Crippen LogP contribution in [0.2, 0.25) is 0 Å². The van der Waals surface area contributed by atoms with Crippen molar-refractivity contribution in [2.24, 2.45) is 35.5 Å². The van der Waals surface area contributed by atoms with Crippen LogP contribution in [-0.2, 0) is 0 Å². The quantitative estimate of drug-likeness (QED) is 0.200. The molecule has 0 fully saturated rings. The van der Waals surface area contributed by atoms with Gasteiger partial charge in [0.15, 0.2) is 0 Å². The first-order valence-corrected chi connectivity index (χ1v) is 14.3. The Labute approximate surface area is 199 Å². The summed E-state index contributed by atoms with van der Waals surface area (Å²) in [5.41, 5.74) is 0. The van der Waals surface area contributed by atoms with Crippen LogP contribution in [0.4, 0.5) is 0 Å². The van der Waals surface area contributed by atoms with E-state index in [9.17, 15) is 0 Å². The summed E-state index contributed by atoms with van der Waals surface area (Å²) in [6.45, 7) is 24.0. The number of hydrogen-bond acceptors (Lipinski definition) is 1. The second kappa shape index (κ2) is 18.4. The van der Waals surface area contributed by atoms with Crippen molar-refractivity contribution in [2.45, 2.75) is 158 Å². The van der Waals surface area contributed by atoms with Gasteiger partial charge in [0, 0.05) is 12.1 Å². The minimum Gasteiger partial charge on any atom is -0.311 e. The van der Waals surface area contributed by atoms with E-state index in [1.54, 1.807) is 0 Å². The van der Waals surface area contributed by atoms with E-state index in [1.165, 1.54) is 77.0 Å². The third-order valence-electron chi connectivity index (χ3n) is 7.64. The van der Waals surface area contributed by atoms with E-state index < -0.39 is 0 Å². The van der Waals surface area contributed by atoms with Crippen LogP contribution in [0.15, 0.2) is 0 Å². The highest BCUT2D eigenvalue weighted by Gasteiger charge is 2.19. The number of nitrogens with one attached hydrogen (secondary N) is 1. The largest absolute Gasteiger partial charge is 0.311 e. The van der Waals surface area contributed by atoms with Crippen molar-refractivity contribution in [3.63, 3.8) is 0 Å². The third-order valence-corrected chi connectivity index (χ3v) is 7.64. The standard InChI is InChI=1S/C30H63N/c1-11-25(7)13-17-29(19-15-27(9)21-23(3)4)31-30(18-14-26(8)12-2)20-16-28(10)22-24(5)6/h23-31H,11-22H2,1-10H3. The first-order chi connectivity index (χ1) is 14.6. The molecule has 1 heteroatoms. The van der Waals surface area contributed by atoms with Gasteiger partial charge in [0.05, 0.1) is 0 Å². The van der Waals surface area contributed by atoms with Crippen molar-refractivity contribution < 1.29 is 0 Å². The third kappa shape index (κ3) is 18.1. The molecule has 1 nitrogen and oxygen atoms in total. The highest BCUT2D eigenvalue weighted by Crippen LogP contribution is 2.24. The number of rotatable bonds is 20. The van der Waals surface area contributed by atoms with Crippen LogP contribution in [-0.4, -0.2) is 12.1 Å². The van der Waals surface area contributed by atoms with Crippen molar-refractivity contribution in [1.29, 1.82) is 0 Å². The van der Waals surface area contributed by atoms with Gasteiger partial charge in [0.2, 0.25) is 0 Å². The zero-order valence-corrected chi connectivity index (χ0v) is 23.6. The highest BCUT2D eigenvalue weighted by molar-refractivity contribution is 4.78. The Hall–Kier alpha value is -0.0400. The molecule has 6 unspecified atom stereocenters. The lowest BCUT2D eigenvalue weighted by atomic mass is 9.88. The van der Waals surface area contributed by atoms with Gasteiger partial charge in [-0.05, 0) is 99.7 Å². The van der Waals surface area contributed by atoms with Crippen LogP contribution in [0.3, 0.4) is 0 Å². The van der Waals surface area contributed by atoms with Gasteiger partial charge in [0.25, 0.3) is 0 Å². The molecule has 0 saturated carbocycles. The lowest BCUT2D eigenvalue weighted by Crippen LogP contribution is -2.39. The second-order valence-electron chi connectivity index (χ2n) is 12.4. The fourth-order valence-corrected chi connectivity index (χ4v) is 5.15. The van der Waals surface area contributed by atoms with E-state index >= 15 is 0 Å². The van der Waals surface area contributed by atoms with Crippen molar-refractivity contribution in [3.05, 3.63) is 0 Å². The molecule has 0 rings (SSSR count). The van der Waals surface area contributed by atoms with Crippen LogP contribution in [0, 0.1) is 35.5 Å². The Bertz CT molecular complexity index is 352. The van der Waals surface area contributed by atoms with E-state index in [0.717, 1.165) is 35.5 Å². The van der Waals surface area contributed by atoms with E-state index in [0.29, 0.717) is 12.1 Å². The summed E-state index contributed by atoms with van der Waals surface area (Å²) in [5, 5.41) is 4.23. The van der Waals surface area contributed by atoms with Gasteiger partial charge < -0.3 is 5.32 Å². The van der Waals surface area contributed by atoms with E-state index in [1.807, 2.05) is 0 Å². The van der Waals surface area contributed by atoms with Crippen LogP contribution in [0.5, 0.6) is 0 Å². The van der Waals surface area contributed by atoms with Gasteiger partial charge in [-0.2, -0.15) is 0 Å². The van der Waals surface area contributed by atoms with Gasteiger partial charge in [-0.1, -0.05) is 82.1 Å². The summed E-state index contributed by atoms with van der Waals surface area (Å²) < 4.78 is 0. The molecule has 0 spiro atoms. The van der Waals surface area contributed by atoms with E-state index in [-0.39, 0.29) is 0 Å². The summed E-state index contributed by atoms with van der Waals surface area (Å²) >= 11 is 0. The smallest absolute Gasteiger partial charge is 0.00698 e. The van der Waals surface area contributed by atoms with Crippen LogP contribution in [0.1, 0.15) is 146 Å². The molecule has 0 aromatic heterocycles. The molecule has 0 heterocycles. The summed E-state index contributed by atoms with van der Waals surface area (Å²) in [7, 11) is 0. The minimum atomic E-state index is 0.714. The molecule has 0 radical (unpaired) electrons. The molecule has 0 aromatic rings. The molecule has 31 heavy (non-hydrogen) atoms. The molecule has 0 aliphatic heterocycles. The maximum absolute atomic E-state index is 4.23. The Kier molecular flexibility index (Phi) is 18.4. The predicted molar refractivity (Wildman–Crippen MR) is 144 cm³/mol. The zero-order valence-electron chi connectivity index (χ0n) is 23.6. The van der Waals surface area contributed by atoms with Crippen molar-refractivity contribution in [2.75, 3.05) is 0 Å².